The summed E-state index contributed by atoms with van der Waals surface area (Å²) >= 11 is 9.07. The van der Waals surface area contributed by atoms with Gasteiger partial charge in [0.1, 0.15) is 0 Å². The number of benzene rings is 3. The summed E-state index contributed by atoms with van der Waals surface area (Å²) in [5.41, 5.74) is 2.43. The maximum absolute atomic E-state index is 5.60. The van der Waals surface area contributed by atoms with Crippen molar-refractivity contribution in [1.82, 2.24) is 9.80 Å². The van der Waals surface area contributed by atoms with Crippen molar-refractivity contribution in [2.45, 2.75) is 6.54 Å². The quantitative estimate of drug-likeness (QED) is 0.570. The third-order valence-corrected chi connectivity index (χ3v) is 5.92. The van der Waals surface area contributed by atoms with Crippen LogP contribution in [-0.2, 0) is 6.54 Å². The second-order valence-corrected chi connectivity index (χ2v) is 8.14. The minimum absolute atomic E-state index is 0.808. The normalized spacial score (nSPS) is 15.1. The van der Waals surface area contributed by atoms with E-state index in [9.17, 15) is 0 Å². The first kappa shape index (κ1) is 18.4. The van der Waals surface area contributed by atoms with E-state index in [-0.39, 0.29) is 0 Å². The summed E-state index contributed by atoms with van der Waals surface area (Å²) < 4.78 is 1.07. The maximum atomic E-state index is 5.60. The number of hydrogen-bond acceptors (Lipinski definition) is 2. The molecule has 0 aromatic heterocycles. The molecule has 0 aliphatic carbocycles. The molecule has 27 heavy (non-hydrogen) atoms. The Morgan fingerprint density at radius 2 is 1.59 bits per heavy atom. The molecule has 4 rings (SSSR count). The molecule has 0 saturated carbocycles. The smallest absolute Gasteiger partial charge is 0.173 e. The van der Waals surface area contributed by atoms with Gasteiger partial charge in [-0.2, -0.15) is 0 Å². The van der Waals surface area contributed by atoms with E-state index in [4.69, 9.17) is 12.2 Å². The van der Waals surface area contributed by atoms with E-state index in [0.29, 0.717) is 0 Å². The fraction of sp³-hybridized carbons (Fsp3) is 0.227. The first-order valence-corrected chi connectivity index (χ1v) is 10.4. The number of hydrogen-bond donors (Lipinski definition) is 1. The van der Waals surface area contributed by atoms with E-state index in [1.165, 1.54) is 16.3 Å². The van der Waals surface area contributed by atoms with Gasteiger partial charge in [-0.05, 0) is 52.8 Å². The number of fused-ring (bicyclic) bond motifs is 1. The summed E-state index contributed by atoms with van der Waals surface area (Å²) in [7, 11) is 0. The summed E-state index contributed by atoms with van der Waals surface area (Å²) in [5.74, 6) is 0. The molecule has 3 aromatic rings. The van der Waals surface area contributed by atoms with Gasteiger partial charge in [-0.25, -0.2) is 0 Å². The van der Waals surface area contributed by atoms with Gasteiger partial charge in [-0.3, -0.25) is 4.90 Å². The van der Waals surface area contributed by atoms with Crippen LogP contribution in [0.5, 0.6) is 0 Å². The highest BCUT2D eigenvalue weighted by Crippen LogP contribution is 2.21. The van der Waals surface area contributed by atoms with Crippen molar-refractivity contribution < 1.29 is 0 Å². The standard InChI is InChI=1S/C22H22BrN3S/c23-19-8-10-20(11-9-19)24-22(27)26-14-12-25(13-15-26)16-18-6-3-5-17-4-1-2-7-21(17)18/h1-11H,12-16H2,(H,24,27). The van der Waals surface area contributed by atoms with Crippen LogP contribution in [0.15, 0.2) is 71.2 Å². The maximum Gasteiger partial charge on any atom is 0.173 e. The number of rotatable bonds is 3. The van der Waals surface area contributed by atoms with E-state index < -0.39 is 0 Å². The van der Waals surface area contributed by atoms with Crippen LogP contribution in [0.2, 0.25) is 0 Å². The molecule has 1 fully saturated rings. The Labute approximate surface area is 174 Å². The largest absolute Gasteiger partial charge is 0.346 e. The van der Waals surface area contributed by atoms with Gasteiger partial charge in [0.25, 0.3) is 0 Å². The summed E-state index contributed by atoms with van der Waals surface area (Å²) in [5, 5.41) is 6.82. The van der Waals surface area contributed by atoms with Crippen molar-refractivity contribution in [3.63, 3.8) is 0 Å². The lowest BCUT2D eigenvalue weighted by Gasteiger charge is -2.36. The summed E-state index contributed by atoms with van der Waals surface area (Å²) in [6, 6.07) is 23.3. The Morgan fingerprint density at radius 3 is 2.37 bits per heavy atom. The molecule has 0 atom stereocenters. The lowest BCUT2D eigenvalue weighted by atomic mass is 10.0. The Hall–Kier alpha value is -1.95. The molecule has 138 valence electrons. The lowest BCUT2D eigenvalue weighted by molar-refractivity contribution is 0.177. The van der Waals surface area contributed by atoms with Crippen LogP contribution < -0.4 is 5.32 Å². The molecule has 1 aliphatic heterocycles. The molecule has 0 amide bonds. The molecule has 0 unspecified atom stereocenters. The number of halogens is 1. The minimum atomic E-state index is 0.808. The van der Waals surface area contributed by atoms with Crippen LogP contribution in [0.3, 0.4) is 0 Å². The monoisotopic (exact) mass is 439 g/mol. The van der Waals surface area contributed by atoms with Gasteiger partial charge in [0.05, 0.1) is 0 Å². The van der Waals surface area contributed by atoms with Crippen molar-refractivity contribution in [3.8, 4) is 0 Å². The number of piperazine rings is 1. The van der Waals surface area contributed by atoms with Crippen molar-refractivity contribution >= 4 is 49.7 Å². The van der Waals surface area contributed by atoms with E-state index in [1.54, 1.807) is 0 Å². The lowest BCUT2D eigenvalue weighted by Crippen LogP contribution is -2.49. The Morgan fingerprint density at radius 1 is 0.889 bits per heavy atom. The van der Waals surface area contributed by atoms with Gasteiger partial charge in [0.15, 0.2) is 5.11 Å². The van der Waals surface area contributed by atoms with Crippen molar-refractivity contribution in [3.05, 3.63) is 76.8 Å². The molecule has 0 spiro atoms. The van der Waals surface area contributed by atoms with Crippen LogP contribution in [-0.4, -0.2) is 41.1 Å². The summed E-state index contributed by atoms with van der Waals surface area (Å²) in [6.07, 6.45) is 0. The molecule has 1 heterocycles. The molecule has 3 aromatic carbocycles. The Kier molecular flexibility index (Phi) is 5.72. The number of nitrogens with one attached hydrogen (secondary N) is 1. The fourth-order valence-corrected chi connectivity index (χ4v) is 4.08. The number of anilines is 1. The predicted molar refractivity (Wildman–Crippen MR) is 121 cm³/mol. The average molecular weight is 440 g/mol. The molecular formula is C22H22BrN3S. The fourth-order valence-electron chi connectivity index (χ4n) is 3.52. The molecule has 3 nitrogen and oxygen atoms in total. The third-order valence-electron chi connectivity index (χ3n) is 5.03. The first-order chi connectivity index (χ1) is 13.2. The Bertz CT molecular complexity index is 928. The number of nitrogens with zero attached hydrogens (tertiary/aromatic N) is 2. The molecule has 0 radical (unpaired) electrons. The first-order valence-electron chi connectivity index (χ1n) is 9.19. The molecular weight excluding hydrogens is 418 g/mol. The summed E-state index contributed by atoms with van der Waals surface area (Å²) in [4.78, 5) is 4.78. The molecule has 1 saturated heterocycles. The zero-order valence-electron chi connectivity index (χ0n) is 15.1. The molecule has 5 heteroatoms. The molecule has 1 N–H and O–H groups in total. The van der Waals surface area contributed by atoms with Crippen molar-refractivity contribution in [2.75, 3.05) is 31.5 Å². The van der Waals surface area contributed by atoms with E-state index in [0.717, 1.165) is 48.0 Å². The third kappa shape index (κ3) is 4.49. The predicted octanol–water partition coefficient (Wildman–Crippen LogP) is 5.12. The SMILES string of the molecule is S=C(Nc1ccc(Br)cc1)N1CCN(Cc2cccc3ccccc23)CC1. The van der Waals surface area contributed by atoms with Gasteiger partial charge in [0, 0.05) is 42.9 Å². The van der Waals surface area contributed by atoms with Gasteiger partial charge in [0.2, 0.25) is 0 Å². The highest BCUT2D eigenvalue weighted by Gasteiger charge is 2.19. The van der Waals surface area contributed by atoms with E-state index in [2.05, 4.69) is 73.5 Å². The van der Waals surface area contributed by atoms with Gasteiger partial charge >= 0.3 is 0 Å². The minimum Gasteiger partial charge on any atom is -0.346 e. The van der Waals surface area contributed by atoms with Crippen LogP contribution >= 0.6 is 28.1 Å². The Balaban J connectivity index is 1.34. The second kappa shape index (κ2) is 8.38. The average Bonchev–Trinajstić information content (AvgIpc) is 2.70. The van der Waals surface area contributed by atoms with Gasteiger partial charge in [-0.15, -0.1) is 0 Å². The van der Waals surface area contributed by atoms with Gasteiger partial charge in [-0.1, -0.05) is 58.4 Å². The van der Waals surface area contributed by atoms with Crippen molar-refractivity contribution in [1.29, 1.82) is 0 Å². The van der Waals surface area contributed by atoms with E-state index in [1.807, 2.05) is 24.3 Å². The zero-order valence-corrected chi connectivity index (χ0v) is 17.5. The van der Waals surface area contributed by atoms with Crippen LogP contribution in [0, 0.1) is 0 Å². The zero-order chi connectivity index (χ0) is 18.6. The van der Waals surface area contributed by atoms with Crippen molar-refractivity contribution in [2.24, 2.45) is 0 Å². The number of thiocarbonyl (C=S) groups is 1. The second-order valence-electron chi connectivity index (χ2n) is 6.84. The van der Waals surface area contributed by atoms with Crippen LogP contribution in [0.4, 0.5) is 5.69 Å². The van der Waals surface area contributed by atoms with Gasteiger partial charge < -0.3 is 10.2 Å². The highest BCUT2D eigenvalue weighted by atomic mass is 79.9. The molecule has 0 bridgehead atoms. The molecule has 1 aliphatic rings. The summed E-state index contributed by atoms with van der Waals surface area (Å²) in [6.45, 7) is 4.93. The van der Waals surface area contributed by atoms with Crippen LogP contribution in [0.1, 0.15) is 5.56 Å². The topological polar surface area (TPSA) is 18.5 Å². The van der Waals surface area contributed by atoms with E-state index >= 15 is 0 Å². The van der Waals surface area contributed by atoms with Crippen LogP contribution in [0.25, 0.3) is 10.8 Å². The highest BCUT2D eigenvalue weighted by molar-refractivity contribution is 9.10.